The maximum Gasteiger partial charge on any atom is 0.410 e. The number of aliphatic hydroxyl groups is 2. The molecule has 5 aromatic carbocycles. The second-order valence-electron chi connectivity index (χ2n) is 16.5. The first kappa shape index (κ1) is 43.0. The molecule has 0 saturated heterocycles. The van der Waals surface area contributed by atoms with Crippen molar-refractivity contribution in [3.8, 4) is 17.2 Å². The smallest absolute Gasteiger partial charge is 0.410 e. The number of hydrogen-bond acceptors (Lipinski definition) is 9. The van der Waals surface area contributed by atoms with Crippen LogP contribution in [0.4, 0.5) is 4.79 Å². The maximum absolute atomic E-state index is 14.4. The van der Waals surface area contributed by atoms with E-state index >= 15 is 0 Å². The number of ether oxygens (including phenoxy) is 4. The third-order valence-corrected chi connectivity index (χ3v) is 12.9. The molecule has 1 amide bonds. The summed E-state index contributed by atoms with van der Waals surface area (Å²) in [5, 5.41) is 29.1. The molecule has 2 aliphatic carbocycles. The summed E-state index contributed by atoms with van der Waals surface area (Å²) < 4.78 is 26.8. The zero-order valence-corrected chi connectivity index (χ0v) is 35.8. The fraction of sp³-hybridized carbons (Fsp3) is 0.385. The Morgan fingerprint density at radius 1 is 0.887 bits per heavy atom. The summed E-state index contributed by atoms with van der Waals surface area (Å²) in [6.07, 6.45) is 8.50. The molecule has 2 N–H and O–H groups in total. The van der Waals surface area contributed by atoms with E-state index in [4.69, 9.17) is 28.9 Å². The largest absolute Gasteiger partial charge is 0.459 e. The molecular weight excluding hydrogens is 781 g/mol. The lowest BCUT2D eigenvalue weighted by molar-refractivity contribution is -0.256. The highest BCUT2D eigenvalue weighted by molar-refractivity contribution is 6.03. The Morgan fingerprint density at radius 3 is 2.39 bits per heavy atom. The minimum absolute atomic E-state index is 0.0657. The monoisotopic (exact) mass is 838 g/mol. The molecule has 3 aliphatic rings. The van der Waals surface area contributed by atoms with Gasteiger partial charge in [-0.15, -0.1) is 6.58 Å². The van der Waals surface area contributed by atoms with Crippen LogP contribution in [-0.4, -0.2) is 72.3 Å². The average molecular weight is 839 g/mol. The van der Waals surface area contributed by atoms with E-state index in [1.807, 2.05) is 61.5 Å². The van der Waals surface area contributed by atoms with Gasteiger partial charge in [-0.25, -0.2) is 4.79 Å². The highest BCUT2D eigenvalue weighted by Crippen LogP contribution is 2.62. The summed E-state index contributed by atoms with van der Waals surface area (Å²) in [5.74, 6) is 0.121. The summed E-state index contributed by atoms with van der Waals surface area (Å²) >= 11 is 0. The molecule has 10 heteroatoms. The molecule has 324 valence electrons. The number of oxime groups is 1. The third kappa shape index (κ3) is 8.56. The van der Waals surface area contributed by atoms with Crippen molar-refractivity contribution in [2.45, 2.75) is 76.2 Å². The van der Waals surface area contributed by atoms with Crippen LogP contribution in [0.2, 0.25) is 0 Å². The fourth-order valence-corrected chi connectivity index (χ4v) is 10.3. The zero-order chi connectivity index (χ0) is 43.1. The Balaban J connectivity index is 1.33. The lowest BCUT2D eigenvalue weighted by Crippen LogP contribution is -2.70. The standard InChI is InChI=1S/C52H58N2O8/c1-4-29-59-52-48(54(51(57)58-3)34-39-20-14-19-36-16-8-9-21-42(36)39)33-46(53-60-5-2)44-31-38(18-10-12-27-55)43(22-11-13-28-56)49(50(44)52)45-32-41(25-26-47(45)62-52)61-40-24-23-35-15-6-7-17-37(35)30-40/h4,6-9,14-17,19-21,23-26,30-32,38,43,48-50,55-56H,1,5,10-13,18,22,27-29,33-34H2,2-3H3. The van der Waals surface area contributed by atoms with E-state index in [0.717, 1.165) is 75.4 Å². The first-order chi connectivity index (χ1) is 30.4. The van der Waals surface area contributed by atoms with Gasteiger partial charge in [0, 0.05) is 31.1 Å². The minimum Gasteiger partial charge on any atom is -0.459 e. The molecule has 1 aliphatic heterocycles. The second kappa shape index (κ2) is 19.6. The Morgan fingerprint density at radius 2 is 1.61 bits per heavy atom. The number of carbonyl (C=O) groups is 1. The molecule has 1 fully saturated rings. The predicted octanol–water partition coefficient (Wildman–Crippen LogP) is 10.7. The van der Waals surface area contributed by atoms with Gasteiger partial charge in [0.25, 0.3) is 0 Å². The number of rotatable bonds is 18. The molecule has 1 heterocycles. The number of methoxy groups -OCH3 is 1. The number of unbranched alkanes of at least 4 members (excludes halogenated alkanes) is 2. The number of carbonyl (C=O) groups excluding carboxylic acids is 1. The van der Waals surface area contributed by atoms with Crippen molar-refractivity contribution in [2.24, 2.45) is 22.9 Å². The summed E-state index contributed by atoms with van der Waals surface area (Å²) in [6, 6.07) is 33.9. The van der Waals surface area contributed by atoms with Crippen molar-refractivity contribution in [3.05, 3.63) is 139 Å². The molecule has 6 atom stereocenters. The normalized spacial score (nSPS) is 23.2. The van der Waals surface area contributed by atoms with Crippen molar-refractivity contribution in [2.75, 3.05) is 33.5 Å². The highest BCUT2D eigenvalue weighted by Gasteiger charge is 2.65. The molecule has 0 bridgehead atoms. The maximum atomic E-state index is 14.4. The Bertz CT molecular complexity index is 2420. The molecule has 8 rings (SSSR count). The molecule has 5 aromatic rings. The van der Waals surface area contributed by atoms with Gasteiger partial charge in [-0.2, -0.15) is 0 Å². The van der Waals surface area contributed by atoms with E-state index in [1.54, 1.807) is 11.0 Å². The van der Waals surface area contributed by atoms with Crippen LogP contribution in [0.5, 0.6) is 17.2 Å². The van der Waals surface area contributed by atoms with E-state index in [1.165, 1.54) is 7.11 Å². The van der Waals surface area contributed by atoms with Crippen molar-refractivity contribution in [3.63, 3.8) is 0 Å². The fourth-order valence-electron chi connectivity index (χ4n) is 10.3. The van der Waals surface area contributed by atoms with E-state index < -0.39 is 23.8 Å². The van der Waals surface area contributed by atoms with Gasteiger partial charge in [0.15, 0.2) is 0 Å². The van der Waals surface area contributed by atoms with Crippen molar-refractivity contribution in [1.29, 1.82) is 0 Å². The molecule has 10 nitrogen and oxygen atoms in total. The number of amides is 1. The van der Waals surface area contributed by atoms with Crippen LogP contribution in [0.15, 0.2) is 133 Å². The topological polar surface area (TPSA) is 119 Å². The van der Waals surface area contributed by atoms with Gasteiger partial charge in [-0.1, -0.05) is 103 Å². The van der Waals surface area contributed by atoms with Crippen LogP contribution >= 0.6 is 0 Å². The summed E-state index contributed by atoms with van der Waals surface area (Å²) in [5.41, 5.74) is 3.63. The lowest BCUT2D eigenvalue weighted by Gasteiger charge is -2.59. The van der Waals surface area contributed by atoms with Gasteiger partial charge in [-0.3, -0.25) is 4.90 Å². The van der Waals surface area contributed by atoms with Crippen LogP contribution in [0.3, 0.4) is 0 Å². The number of fused-ring (bicyclic) bond motifs is 4. The van der Waals surface area contributed by atoms with Crippen molar-refractivity contribution in [1.82, 2.24) is 4.90 Å². The molecule has 6 unspecified atom stereocenters. The van der Waals surface area contributed by atoms with Gasteiger partial charge < -0.3 is 34.0 Å². The van der Waals surface area contributed by atoms with Crippen LogP contribution < -0.4 is 9.47 Å². The van der Waals surface area contributed by atoms with Gasteiger partial charge in [0.05, 0.1) is 31.9 Å². The Kier molecular flexibility index (Phi) is 13.6. The summed E-state index contributed by atoms with van der Waals surface area (Å²) in [7, 11) is 1.41. The number of allylic oxidation sites excluding steroid dienone is 1. The van der Waals surface area contributed by atoms with Crippen molar-refractivity contribution >= 4 is 33.3 Å². The Hall–Kier alpha value is -5.68. The zero-order valence-electron chi connectivity index (χ0n) is 35.8. The molecule has 0 spiro atoms. The van der Waals surface area contributed by atoms with Crippen LogP contribution in [0, 0.1) is 17.8 Å². The average Bonchev–Trinajstić information content (AvgIpc) is 3.30. The van der Waals surface area contributed by atoms with E-state index in [0.29, 0.717) is 30.9 Å². The van der Waals surface area contributed by atoms with Crippen LogP contribution in [0.1, 0.15) is 68.9 Å². The van der Waals surface area contributed by atoms with Gasteiger partial charge in [-0.05, 0) is 107 Å². The Labute approximate surface area is 364 Å². The van der Waals surface area contributed by atoms with Crippen LogP contribution in [0.25, 0.3) is 21.5 Å². The molecular formula is C52H58N2O8. The lowest BCUT2D eigenvalue weighted by atomic mass is 9.55. The molecule has 0 aromatic heterocycles. The van der Waals surface area contributed by atoms with Gasteiger partial charge in [0.1, 0.15) is 29.9 Å². The first-order valence-corrected chi connectivity index (χ1v) is 22.1. The highest BCUT2D eigenvalue weighted by atomic mass is 16.7. The SMILES string of the molecule is C=CCOC12Oc3ccc(Oc4ccc5ccccc5c4)cc3C3C(CCCCO)C(CCCCO)C=C(C(=NOCC)CC1N(Cc1cccc4ccccc14)C(=O)OC)C32. The second-order valence-corrected chi connectivity index (χ2v) is 16.5. The quantitative estimate of drug-likeness (QED) is 0.0509. The number of benzene rings is 5. The molecule has 1 saturated carbocycles. The molecule has 62 heavy (non-hydrogen) atoms. The number of aliphatic hydroxyl groups excluding tert-OH is 2. The number of nitrogens with zero attached hydrogens (tertiary/aromatic N) is 2. The van der Waals surface area contributed by atoms with E-state index in [-0.39, 0.29) is 50.5 Å². The summed E-state index contributed by atoms with van der Waals surface area (Å²) in [6.45, 7) is 6.92. The first-order valence-electron chi connectivity index (χ1n) is 22.1. The third-order valence-electron chi connectivity index (χ3n) is 12.9. The number of hydrogen-bond donors (Lipinski definition) is 2. The van der Waals surface area contributed by atoms with Crippen LogP contribution in [-0.2, 0) is 20.9 Å². The minimum atomic E-state index is -1.42. The van der Waals surface area contributed by atoms with Crippen molar-refractivity contribution < 1.29 is 38.8 Å². The predicted molar refractivity (Wildman–Crippen MR) is 243 cm³/mol. The van der Waals surface area contributed by atoms with Gasteiger partial charge >= 0.3 is 6.09 Å². The molecule has 0 radical (unpaired) electrons. The van der Waals surface area contributed by atoms with E-state index in [9.17, 15) is 15.0 Å². The summed E-state index contributed by atoms with van der Waals surface area (Å²) in [4.78, 5) is 22.1. The van der Waals surface area contributed by atoms with E-state index in [2.05, 4.69) is 61.2 Å². The van der Waals surface area contributed by atoms with Gasteiger partial charge in [0.2, 0.25) is 5.79 Å².